The maximum Gasteiger partial charge on any atom is 0.343 e. The Kier molecular flexibility index (Phi) is 3.57. The smallest absolute Gasteiger partial charge is 0.343 e. The van der Waals surface area contributed by atoms with Crippen molar-refractivity contribution in [3.63, 3.8) is 0 Å². The third kappa shape index (κ3) is 2.54. The van der Waals surface area contributed by atoms with E-state index < -0.39 is 24.1 Å². The summed E-state index contributed by atoms with van der Waals surface area (Å²) >= 11 is 1.09. The molecule has 1 N–H and O–H groups in total. The van der Waals surface area contributed by atoms with Gasteiger partial charge in [-0.3, -0.25) is 4.79 Å². The number of nitrogens with zero attached hydrogens (tertiary/aromatic N) is 4. The summed E-state index contributed by atoms with van der Waals surface area (Å²) in [4.78, 5) is 36.8. The van der Waals surface area contributed by atoms with Gasteiger partial charge in [-0.2, -0.15) is 0 Å². The third-order valence-electron chi connectivity index (χ3n) is 3.36. The van der Waals surface area contributed by atoms with Crippen LogP contribution >= 0.6 is 11.3 Å². The Morgan fingerprint density at radius 1 is 1.32 bits per heavy atom. The molecule has 0 spiro atoms. The van der Waals surface area contributed by atoms with Crippen molar-refractivity contribution in [3.05, 3.63) is 29.5 Å². The molecule has 1 atom stereocenters. The molecule has 0 saturated carbocycles. The van der Waals surface area contributed by atoms with Crippen LogP contribution in [-0.4, -0.2) is 55.6 Å². The molecule has 3 heterocycles. The van der Waals surface area contributed by atoms with E-state index in [0.717, 1.165) is 11.3 Å². The van der Waals surface area contributed by atoms with Gasteiger partial charge >= 0.3 is 5.97 Å². The molecular weight excluding hydrogens is 311 g/mol. The van der Waals surface area contributed by atoms with E-state index in [9.17, 15) is 14.0 Å². The Morgan fingerprint density at radius 2 is 2.05 bits per heavy atom. The predicted octanol–water partition coefficient (Wildman–Crippen LogP) is 1.24. The second-order valence-electron chi connectivity index (χ2n) is 4.85. The highest BCUT2D eigenvalue weighted by atomic mass is 32.1. The fourth-order valence-corrected chi connectivity index (χ4v) is 2.99. The number of aromatic nitrogens is 3. The number of aliphatic carboxylic acids is 1. The lowest BCUT2D eigenvalue weighted by molar-refractivity contribution is -0.149. The summed E-state index contributed by atoms with van der Waals surface area (Å²) in [5, 5.41) is 9.34. The van der Waals surface area contributed by atoms with Crippen molar-refractivity contribution in [1.82, 2.24) is 19.9 Å². The Morgan fingerprint density at radius 3 is 2.68 bits per heavy atom. The van der Waals surface area contributed by atoms with Crippen LogP contribution in [0.4, 0.5) is 4.39 Å². The molecule has 2 aromatic heterocycles. The largest absolute Gasteiger partial charge is 0.479 e. The first kappa shape index (κ1) is 14.5. The van der Waals surface area contributed by atoms with Crippen LogP contribution in [0.15, 0.2) is 24.7 Å². The molecule has 1 unspecified atom stereocenters. The van der Waals surface area contributed by atoms with Gasteiger partial charge in [0.15, 0.2) is 10.8 Å². The van der Waals surface area contributed by atoms with Crippen LogP contribution in [0.3, 0.4) is 0 Å². The first-order chi connectivity index (χ1) is 10.5. The lowest BCUT2D eigenvalue weighted by atomic mass is 10.1. The van der Waals surface area contributed by atoms with Gasteiger partial charge in [-0.15, -0.1) is 11.3 Å². The summed E-state index contributed by atoms with van der Waals surface area (Å²) in [7, 11) is 0. The molecule has 1 aliphatic heterocycles. The summed E-state index contributed by atoms with van der Waals surface area (Å²) in [5.74, 6) is -1.57. The molecule has 22 heavy (non-hydrogen) atoms. The minimum Gasteiger partial charge on any atom is -0.479 e. The lowest BCUT2D eigenvalue weighted by Crippen LogP contribution is -2.38. The summed E-state index contributed by atoms with van der Waals surface area (Å²) < 4.78 is 14.0. The molecule has 3 rings (SSSR count). The summed E-state index contributed by atoms with van der Waals surface area (Å²) in [5.41, 5.74) is -2.37. The van der Waals surface area contributed by atoms with Crippen LogP contribution in [0.5, 0.6) is 0 Å². The summed E-state index contributed by atoms with van der Waals surface area (Å²) in [6.45, 7) is -0.382. The molecule has 1 amide bonds. The van der Waals surface area contributed by atoms with E-state index in [1.807, 2.05) is 0 Å². The quantitative estimate of drug-likeness (QED) is 0.913. The zero-order chi connectivity index (χ0) is 15.7. The number of carbonyl (C=O) groups is 2. The zero-order valence-electron chi connectivity index (χ0n) is 11.3. The number of carboxylic acids is 1. The van der Waals surface area contributed by atoms with Crippen LogP contribution in [0.1, 0.15) is 16.1 Å². The van der Waals surface area contributed by atoms with Crippen LogP contribution in [0, 0.1) is 0 Å². The number of likely N-dealkylation sites (tertiary alicyclic amines) is 1. The van der Waals surface area contributed by atoms with Crippen molar-refractivity contribution in [2.24, 2.45) is 0 Å². The molecule has 1 aliphatic rings. The van der Waals surface area contributed by atoms with Crippen molar-refractivity contribution in [2.45, 2.75) is 12.1 Å². The number of thiazole rings is 1. The van der Waals surface area contributed by atoms with E-state index in [4.69, 9.17) is 5.11 Å². The number of amides is 1. The monoisotopic (exact) mass is 322 g/mol. The highest BCUT2D eigenvalue weighted by Gasteiger charge is 2.47. The molecule has 2 aromatic rings. The van der Waals surface area contributed by atoms with Crippen molar-refractivity contribution in [3.8, 4) is 10.8 Å². The van der Waals surface area contributed by atoms with Gasteiger partial charge in [-0.1, -0.05) is 0 Å². The number of alkyl halides is 1. The summed E-state index contributed by atoms with van der Waals surface area (Å²) in [6, 6.07) is 1.67. The maximum atomic E-state index is 14.0. The molecule has 1 fully saturated rings. The van der Waals surface area contributed by atoms with Gasteiger partial charge in [-0.25, -0.2) is 24.1 Å². The number of rotatable bonds is 3. The van der Waals surface area contributed by atoms with Gasteiger partial charge in [-0.05, 0) is 6.07 Å². The fourth-order valence-electron chi connectivity index (χ4n) is 2.16. The van der Waals surface area contributed by atoms with Crippen LogP contribution in [-0.2, 0) is 4.79 Å². The highest BCUT2D eigenvalue weighted by molar-refractivity contribution is 7.16. The van der Waals surface area contributed by atoms with E-state index in [1.165, 1.54) is 11.1 Å². The number of carboxylic acid groups (broad SMARTS) is 1. The standard InChI is InChI=1S/C13H11FN4O3S/c14-13(12(20)21)2-5-18(7-13)11(19)8-6-17-10(22-8)9-15-3-1-4-16-9/h1,3-4,6H,2,5,7H2,(H,20,21). The van der Waals surface area contributed by atoms with Crippen LogP contribution in [0.25, 0.3) is 10.8 Å². The average Bonchev–Trinajstić information content (AvgIpc) is 3.15. The highest BCUT2D eigenvalue weighted by Crippen LogP contribution is 2.29. The molecular formula is C13H11FN4O3S. The second kappa shape index (κ2) is 5.41. The van der Waals surface area contributed by atoms with Gasteiger partial charge in [0, 0.05) is 25.4 Å². The topological polar surface area (TPSA) is 96.3 Å². The van der Waals surface area contributed by atoms with Gasteiger partial charge < -0.3 is 10.0 Å². The van der Waals surface area contributed by atoms with Gasteiger partial charge in [0.1, 0.15) is 4.88 Å². The van der Waals surface area contributed by atoms with Crippen molar-refractivity contribution >= 4 is 23.2 Å². The first-order valence-corrected chi connectivity index (χ1v) is 7.26. The van der Waals surface area contributed by atoms with Crippen molar-refractivity contribution in [1.29, 1.82) is 0 Å². The lowest BCUT2D eigenvalue weighted by Gasteiger charge is -2.16. The van der Waals surface area contributed by atoms with Crippen LogP contribution in [0.2, 0.25) is 0 Å². The van der Waals surface area contributed by atoms with Crippen molar-refractivity contribution in [2.75, 3.05) is 13.1 Å². The Balaban J connectivity index is 1.77. The SMILES string of the molecule is O=C(c1cnc(-c2ncccn2)s1)N1CCC(F)(C(=O)O)C1. The van der Waals surface area contributed by atoms with Crippen molar-refractivity contribution < 1.29 is 19.1 Å². The van der Waals surface area contributed by atoms with E-state index in [-0.39, 0.29) is 13.0 Å². The second-order valence-corrected chi connectivity index (χ2v) is 5.88. The maximum absolute atomic E-state index is 14.0. The van der Waals surface area contributed by atoms with E-state index in [1.54, 1.807) is 18.5 Å². The fraction of sp³-hybridized carbons (Fsp3) is 0.308. The molecule has 1 saturated heterocycles. The molecule has 0 aliphatic carbocycles. The van der Waals surface area contributed by atoms with Gasteiger partial charge in [0.05, 0.1) is 12.7 Å². The van der Waals surface area contributed by atoms with Gasteiger partial charge in [0.2, 0.25) is 5.67 Å². The Hall–Kier alpha value is -2.42. The average molecular weight is 322 g/mol. The molecule has 7 nitrogen and oxygen atoms in total. The predicted molar refractivity (Wildman–Crippen MR) is 75.1 cm³/mol. The molecule has 9 heteroatoms. The first-order valence-electron chi connectivity index (χ1n) is 6.44. The van der Waals surface area contributed by atoms with Gasteiger partial charge in [0.25, 0.3) is 5.91 Å². The number of hydrogen-bond acceptors (Lipinski definition) is 6. The normalized spacial score (nSPS) is 21.0. The van der Waals surface area contributed by atoms with E-state index in [0.29, 0.717) is 15.7 Å². The number of halogens is 1. The molecule has 0 bridgehead atoms. The molecule has 0 aromatic carbocycles. The van der Waals surface area contributed by atoms with E-state index in [2.05, 4.69) is 15.0 Å². The molecule has 114 valence electrons. The third-order valence-corrected chi connectivity index (χ3v) is 4.34. The summed E-state index contributed by atoms with van der Waals surface area (Å²) in [6.07, 6.45) is 4.30. The number of hydrogen-bond donors (Lipinski definition) is 1. The number of carbonyl (C=O) groups excluding carboxylic acids is 1. The molecule has 0 radical (unpaired) electrons. The zero-order valence-corrected chi connectivity index (χ0v) is 12.1. The minimum absolute atomic E-state index is 0.0662. The Labute approximate surface area is 128 Å². The minimum atomic E-state index is -2.37. The van der Waals surface area contributed by atoms with E-state index >= 15 is 0 Å². The Bertz CT molecular complexity index is 723. The van der Waals surface area contributed by atoms with Crippen LogP contribution < -0.4 is 0 Å².